The topological polar surface area (TPSA) is 49.3 Å². The molecule has 0 atom stereocenters. The van der Waals surface area contributed by atoms with Gasteiger partial charge < -0.3 is 10.4 Å². The van der Waals surface area contributed by atoms with Crippen LogP contribution >= 0.6 is 15.9 Å². The molecule has 15 heavy (non-hydrogen) atoms. The SMILES string of the molecule is Cc1ccc(NC(C)(C)C(=O)O)cc1Br. The minimum Gasteiger partial charge on any atom is -0.480 e. The van der Waals surface area contributed by atoms with Crippen LogP contribution in [-0.2, 0) is 4.79 Å². The molecule has 1 aromatic carbocycles. The van der Waals surface area contributed by atoms with Crippen molar-refractivity contribution in [2.75, 3.05) is 5.32 Å². The fraction of sp³-hybridized carbons (Fsp3) is 0.364. The largest absolute Gasteiger partial charge is 0.480 e. The second-order valence-corrected chi connectivity index (χ2v) is 4.87. The van der Waals surface area contributed by atoms with Gasteiger partial charge in [0, 0.05) is 10.2 Å². The third kappa shape index (κ3) is 2.96. The van der Waals surface area contributed by atoms with E-state index in [1.807, 2.05) is 25.1 Å². The number of rotatable bonds is 3. The number of nitrogens with one attached hydrogen (secondary N) is 1. The lowest BCUT2D eigenvalue weighted by molar-refractivity contribution is -0.141. The molecule has 0 fully saturated rings. The second kappa shape index (κ2) is 4.23. The van der Waals surface area contributed by atoms with Gasteiger partial charge in [-0.15, -0.1) is 0 Å². The summed E-state index contributed by atoms with van der Waals surface area (Å²) in [5.74, 6) is -0.876. The van der Waals surface area contributed by atoms with Crippen molar-refractivity contribution in [3.8, 4) is 0 Å². The molecule has 0 saturated carbocycles. The van der Waals surface area contributed by atoms with Gasteiger partial charge in [0.15, 0.2) is 0 Å². The van der Waals surface area contributed by atoms with Crippen molar-refractivity contribution in [1.82, 2.24) is 0 Å². The summed E-state index contributed by atoms with van der Waals surface area (Å²) in [5.41, 5.74) is 0.947. The fourth-order valence-electron chi connectivity index (χ4n) is 1.08. The second-order valence-electron chi connectivity index (χ2n) is 4.02. The van der Waals surface area contributed by atoms with E-state index in [9.17, 15) is 4.79 Å². The van der Waals surface area contributed by atoms with Crippen molar-refractivity contribution in [1.29, 1.82) is 0 Å². The summed E-state index contributed by atoms with van der Waals surface area (Å²) in [4.78, 5) is 10.9. The Morgan fingerprint density at radius 2 is 2.07 bits per heavy atom. The molecule has 0 radical (unpaired) electrons. The molecule has 0 saturated heterocycles. The summed E-state index contributed by atoms with van der Waals surface area (Å²) in [7, 11) is 0. The first-order valence-corrected chi connectivity index (χ1v) is 5.40. The van der Waals surface area contributed by atoms with E-state index in [2.05, 4.69) is 21.2 Å². The van der Waals surface area contributed by atoms with Gasteiger partial charge in [-0.3, -0.25) is 0 Å². The molecule has 0 unspecified atom stereocenters. The lowest BCUT2D eigenvalue weighted by atomic mass is 10.1. The van der Waals surface area contributed by atoms with Crippen LogP contribution < -0.4 is 5.32 Å². The smallest absolute Gasteiger partial charge is 0.328 e. The van der Waals surface area contributed by atoms with Crippen molar-refractivity contribution in [2.45, 2.75) is 26.3 Å². The Bertz CT molecular complexity index is 388. The van der Waals surface area contributed by atoms with Gasteiger partial charge in [0.25, 0.3) is 0 Å². The van der Waals surface area contributed by atoms with Crippen LogP contribution in [0.25, 0.3) is 0 Å². The highest BCUT2D eigenvalue weighted by molar-refractivity contribution is 9.10. The molecule has 0 aliphatic carbocycles. The van der Waals surface area contributed by atoms with E-state index in [4.69, 9.17) is 5.11 Å². The lowest BCUT2D eigenvalue weighted by Gasteiger charge is -2.22. The lowest BCUT2D eigenvalue weighted by Crippen LogP contribution is -2.39. The van der Waals surface area contributed by atoms with Crippen LogP contribution in [-0.4, -0.2) is 16.6 Å². The van der Waals surface area contributed by atoms with E-state index in [0.717, 1.165) is 15.7 Å². The van der Waals surface area contributed by atoms with Crippen molar-refractivity contribution >= 4 is 27.6 Å². The van der Waals surface area contributed by atoms with Gasteiger partial charge in [-0.05, 0) is 38.5 Å². The fourth-order valence-corrected chi connectivity index (χ4v) is 1.46. The highest BCUT2D eigenvalue weighted by atomic mass is 79.9. The first kappa shape index (κ1) is 12.0. The van der Waals surface area contributed by atoms with E-state index < -0.39 is 11.5 Å². The molecule has 4 heteroatoms. The van der Waals surface area contributed by atoms with Crippen molar-refractivity contribution < 1.29 is 9.90 Å². The van der Waals surface area contributed by atoms with Gasteiger partial charge in [-0.2, -0.15) is 0 Å². The number of carboxylic acids is 1. The zero-order valence-corrected chi connectivity index (χ0v) is 10.6. The van der Waals surface area contributed by atoms with E-state index >= 15 is 0 Å². The van der Waals surface area contributed by atoms with Gasteiger partial charge >= 0.3 is 5.97 Å². The minimum absolute atomic E-state index is 0.792. The Morgan fingerprint density at radius 1 is 1.47 bits per heavy atom. The number of aliphatic carboxylic acids is 1. The summed E-state index contributed by atoms with van der Waals surface area (Å²) in [5, 5.41) is 11.9. The van der Waals surface area contributed by atoms with Gasteiger partial charge in [0.1, 0.15) is 5.54 Å². The predicted octanol–water partition coefficient (Wildman–Crippen LogP) is 3.03. The monoisotopic (exact) mass is 271 g/mol. The number of carboxylic acid groups (broad SMARTS) is 1. The number of aryl methyl sites for hydroxylation is 1. The number of carbonyl (C=O) groups is 1. The molecule has 0 spiro atoms. The molecule has 0 bridgehead atoms. The number of hydrogen-bond donors (Lipinski definition) is 2. The molecule has 0 heterocycles. The van der Waals surface area contributed by atoms with Crippen LogP contribution in [0.2, 0.25) is 0 Å². The maximum atomic E-state index is 10.9. The van der Waals surface area contributed by atoms with Gasteiger partial charge in [-0.1, -0.05) is 22.0 Å². The summed E-state index contributed by atoms with van der Waals surface area (Å²) in [6.07, 6.45) is 0. The first-order chi connectivity index (χ1) is 6.83. The molecule has 0 aliphatic rings. The average molecular weight is 272 g/mol. The molecule has 82 valence electrons. The summed E-state index contributed by atoms with van der Waals surface area (Å²) < 4.78 is 0.966. The maximum Gasteiger partial charge on any atom is 0.328 e. The molecule has 1 aromatic rings. The summed E-state index contributed by atoms with van der Waals surface area (Å²) in [6, 6.07) is 5.68. The molecular formula is C11H14BrNO2. The third-order valence-corrected chi connectivity index (χ3v) is 3.02. The number of benzene rings is 1. The maximum absolute atomic E-state index is 10.9. The third-order valence-electron chi connectivity index (χ3n) is 2.16. The Kier molecular flexibility index (Phi) is 3.39. The molecule has 2 N–H and O–H groups in total. The molecule has 0 aromatic heterocycles. The van der Waals surface area contributed by atoms with E-state index in [1.54, 1.807) is 13.8 Å². The number of anilines is 1. The predicted molar refractivity (Wildman–Crippen MR) is 64.2 cm³/mol. The summed E-state index contributed by atoms with van der Waals surface area (Å²) in [6.45, 7) is 5.24. The summed E-state index contributed by atoms with van der Waals surface area (Å²) >= 11 is 3.40. The van der Waals surface area contributed by atoms with Crippen LogP contribution in [0.1, 0.15) is 19.4 Å². The molecule has 3 nitrogen and oxygen atoms in total. The molecule has 1 rings (SSSR count). The van der Waals surface area contributed by atoms with E-state index in [1.165, 1.54) is 0 Å². The quantitative estimate of drug-likeness (QED) is 0.889. The normalized spacial score (nSPS) is 11.2. The van der Waals surface area contributed by atoms with Crippen LogP contribution in [0.3, 0.4) is 0 Å². The number of halogens is 1. The molecule has 0 amide bonds. The zero-order chi connectivity index (χ0) is 11.6. The van der Waals surface area contributed by atoms with Crippen LogP contribution in [0.15, 0.2) is 22.7 Å². The minimum atomic E-state index is -0.964. The van der Waals surface area contributed by atoms with Crippen molar-refractivity contribution in [2.24, 2.45) is 0 Å². The first-order valence-electron chi connectivity index (χ1n) is 4.60. The van der Waals surface area contributed by atoms with Crippen LogP contribution in [0, 0.1) is 6.92 Å². The van der Waals surface area contributed by atoms with Gasteiger partial charge in [0.05, 0.1) is 0 Å². The standard InChI is InChI=1S/C11H14BrNO2/c1-7-4-5-8(6-9(7)12)13-11(2,3)10(14)15/h4-6,13H,1-3H3,(H,14,15). The zero-order valence-electron chi connectivity index (χ0n) is 8.97. The Labute approximate surface area is 97.6 Å². The Hall–Kier alpha value is -1.03. The van der Waals surface area contributed by atoms with E-state index in [-0.39, 0.29) is 0 Å². The molecular weight excluding hydrogens is 258 g/mol. The Balaban J connectivity index is 2.91. The van der Waals surface area contributed by atoms with Crippen LogP contribution in [0.5, 0.6) is 0 Å². The molecule has 0 aliphatic heterocycles. The highest BCUT2D eigenvalue weighted by Crippen LogP contribution is 2.23. The average Bonchev–Trinajstić information content (AvgIpc) is 2.10. The Morgan fingerprint density at radius 3 is 2.53 bits per heavy atom. The van der Waals surface area contributed by atoms with Crippen LogP contribution in [0.4, 0.5) is 5.69 Å². The number of hydrogen-bond acceptors (Lipinski definition) is 2. The van der Waals surface area contributed by atoms with Crippen molar-refractivity contribution in [3.63, 3.8) is 0 Å². The highest BCUT2D eigenvalue weighted by Gasteiger charge is 2.26. The van der Waals surface area contributed by atoms with Crippen molar-refractivity contribution in [3.05, 3.63) is 28.2 Å². The van der Waals surface area contributed by atoms with E-state index in [0.29, 0.717) is 0 Å². The van der Waals surface area contributed by atoms with Gasteiger partial charge in [-0.25, -0.2) is 4.79 Å². The van der Waals surface area contributed by atoms with Gasteiger partial charge in [0.2, 0.25) is 0 Å².